The number of likely N-dealkylation sites (tertiary alicyclic amines) is 1. The summed E-state index contributed by atoms with van der Waals surface area (Å²) in [5.74, 6) is -1.90. The van der Waals surface area contributed by atoms with Crippen molar-refractivity contribution in [2.75, 3.05) is 57.3 Å². The Kier molecular flexibility index (Phi) is 12.9. The van der Waals surface area contributed by atoms with Crippen molar-refractivity contribution in [1.82, 2.24) is 9.80 Å². The summed E-state index contributed by atoms with van der Waals surface area (Å²) in [5.41, 5.74) is 1.62. The summed E-state index contributed by atoms with van der Waals surface area (Å²) in [4.78, 5) is 28.5. The molecule has 0 unspecified atom stereocenters. The van der Waals surface area contributed by atoms with Gasteiger partial charge in [-0.2, -0.15) is 13.2 Å². The molecule has 2 aromatic rings. The van der Waals surface area contributed by atoms with Crippen molar-refractivity contribution < 1.29 is 32.6 Å². The second-order valence-corrected chi connectivity index (χ2v) is 10.8. The van der Waals surface area contributed by atoms with E-state index in [1.54, 1.807) is 18.2 Å². The van der Waals surface area contributed by atoms with Crippen LogP contribution >= 0.6 is 23.2 Å². The number of carboxylic acid groups (broad SMARTS) is 1. The van der Waals surface area contributed by atoms with Crippen LogP contribution in [-0.4, -0.2) is 85.4 Å². The first kappa shape index (κ1) is 32.8. The van der Waals surface area contributed by atoms with Crippen LogP contribution in [0.25, 0.3) is 0 Å². The minimum atomic E-state index is -5.08. The Balaban J connectivity index is 0.000000587. The van der Waals surface area contributed by atoms with Gasteiger partial charge in [-0.3, -0.25) is 4.79 Å². The lowest BCUT2D eigenvalue weighted by atomic mass is 10.1. The predicted octanol–water partition coefficient (Wildman–Crippen LogP) is 6.62. The van der Waals surface area contributed by atoms with Gasteiger partial charge in [0.1, 0.15) is 5.75 Å². The lowest BCUT2D eigenvalue weighted by molar-refractivity contribution is -0.192. The molecular weight excluding hydrogens is 582 g/mol. The molecule has 226 valence electrons. The first-order valence-corrected chi connectivity index (χ1v) is 14.6. The number of amides is 1. The highest BCUT2D eigenvalue weighted by Gasteiger charge is 2.38. The first-order chi connectivity index (χ1) is 19.6. The highest BCUT2D eigenvalue weighted by atomic mass is 35.5. The number of ether oxygens (including phenoxy) is 1. The van der Waals surface area contributed by atoms with Gasteiger partial charge in [-0.1, -0.05) is 48.5 Å². The summed E-state index contributed by atoms with van der Waals surface area (Å²) in [7, 11) is 0. The maximum atomic E-state index is 12.9. The van der Waals surface area contributed by atoms with Gasteiger partial charge in [-0.25, -0.2) is 4.79 Å². The topological polar surface area (TPSA) is 73.3 Å². The van der Waals surface area contributed by atoms with Crippen molar-refractivity contribution in [2.45, 2.75) is 44.7 Å². The number of anilines is 1. The number of rotatable bonds is 7. The van der Waals surface area contributed by atoms with Crippen molar-refractivity contribution >= 4 is 40.8 Å². The Bertz CT molecular complexity index is 1120. The van der Waals surface area contributed by atoms with E-state index in [1.165, 1.54) is 45.2 Å². The monoisotopic (exact) mass is 617 g/mol. The zero-order chi connectivity index (χ0) is 29.8. The molecule has 1 amide bonds. The van der Waals surface area contributed by atoms with Crippen LogP contribution in [0, 0.1) is 0 Å². The van der Waals surface area contributed by atoms with Gasteiger partial charge >= 0.3 is 12.1 Å². The molecule has 2 aliphatic heterocycles. The Morgan fingerprint density at radius 1 is 0.854 bits per heavy atom. The molecule has 2 saturated heterocycles. The van der Waals surface area contributed by atoms with Gasteiger partial charge in [0.2, 0.25) is 0 Å². The fraction of sp³-hybridized carbons (Fsp3) is 0.517. The molecule has 0 bridgehead atoms. The molecule has 0 aromatic heterocycles. The van der Waals surface area contributed by atoms with Crippen LogP contribution in [0.15, 0.2) is 42.5 Å². The van der Waals surface area contributed by atoms with Gasteiger partial charge in [-0.15, -0.1) is 0 Å². The van der Waals surface area contributed by atoms with Gasteiger partial charge in [0.05, 0.1) is 22.2 Å². The number of aliphatic carboxylic acids is 1. The fourth-order valence-electron chi connectivity index (χ4n) is 4.77. The van der Waals surface area contributed by atoms with Crippen LogP contribution in [-0.2, 0) is 4.79 Å². The van der Waals surface area contributed by atoms with Gasteiger partial charge in [0, 0.05) is 38.4 Å². The third kappa shape index (κ3) is 10.6. The van der Waals surface area contributed by atoms with Crippen LogP contribution in [0.2, 0.25) is 10.0 Å². The maximum Gasteiger partial charge on any atom is 0.490 e. The number of alkyl halides is 3. The average molecular weight is 619 g/mol. The van der Waals surface area contributed by atoms with E-state index in [1.807, 2.05) is 4.90 Å². The summed E-state index contributed by atoms with van der Waals surface area (Å²) in [6, 6.07) is 13.5. The lowest BCUT2D eigenvalue weighted by Crippen LogP contribution is -2.48. The van der Waals surface area contributed by atoms with Crippen molar-refractivity contribution in [1.29, 1.82) is 0 Å². The summed E-state index contributed by atoms with van der Waals surface area (Å²) in [6.07, 6.45) is 2.80. The van der Waals surface area contributed by atoms with E-state index < -0.39 is 12.1 Å². The average Bonchev–Trinajstić information content (AvgIpc) is 2.93. The molecule has 0 atom stereocenters. The third-order valence-corrected chi connectivity index (χ3v) is 7.85. The summed E-state index contributed by atoms with van der Waals surface area (Å²) >= 11 is 12.3. The number of halogens is 5. The van der Waals surface area contributed by atoms with Gasteiger partial charge in [-0.05, 0) is 68.8 Å². The van der Waals surface area contributed by atoms with E-state index >= 15 is 0 Å². The molecule has 2 aromatic carbocycles. The molecule has 2 aliphatic rings. The summed E-state index contributed by atoms with van der Waals surface area (Å²) < 4.78 is 37.7. The second-order valence-electron chi connectivity index (χ2n) is 9.99. The van der Waals surface area contributed by atoms with E-state index in [-0.39, 0.29) is 5.91 Å². The number of carbonyl (C=O) groups excluding carboxylic acids is 1. The SMILES string of the molecule is O=C(O)C(F)(F)F.O=C(c1cccc(Cl)c1Cl)N1CCN(c2ccc(OCCCN3CCCCCCC3)cc2)CC1. The predicted molar refractivity (Wildman–Crippen MR) is 154 cm³/mol. The summed E-state index contributed by atoms with van der Waals surface area (Å²) in [5, 5.41) is 7.86. The fourth-order valence-corrected chi connectivity index (χ4v) is 5.16. The summed E-state index contributed by atoms with van der Waals surface area (Å²) in [6.45, 7) is 7.20. The highest BCUT2D eigenvalue weighted by Crippen LogP contribution is 2.27. The van der Waals surface area contributed by atoms with E-state index in [0.29, 0.717) is 28.7 Å². The normalized spacial score (nSPS) is 16.7. The Morgan fingerprint density at radius 2 is 1.44 bits per heavy atom. The van der Waals surface area contributed by atoms with Crippen molar-refractivity contribution in [3.8, 4) is 5.75 Å². The molecule has 0 radical (unpaired) electrons. The molecule has 1 N–H and O–H groups in total. The Hall–Kier alpha value is -2.69. The number of hydrogen-bond donors (Lipinski definition) is 1. The number of hydrogen-bond acceptors (Lipinski definition) is 5. The molecule has 7 nitrogen and oxygen atoms in total. The molecular formula is C29H36Cl2F3N3O4. The molecule has 41 heavy (non-hydrogen) atoms. The number of nitrogens with zero attached hydrogens (tertiary/aromatic N) is 3. The number of benzene rings is 2. The Labute approximate surface area is 248 Å². The van der Waals surface area contributed by atoms with E-state index in [9.17, 15) is 18.0 Å². The number of carbonyl (C=O) groups is 2. The quantitative estimate of drug-likeness (QED) is 0.352. The molecule has 2 heterocycles. The van der Waals surface area contributed by atoms with E-state index in [4.69, 9.17) is 37.8 Å². The van der Waals surface area contributed by atoms with Crippen LogP contribution in [0.5, 0.6) is 5.75 Å². The Morgan fingerprint density at radius 3 is 2.02 bits per heavy atom. The van der Waals surface area contributed by atoms with E-state index in [2.05, 4.69) is 34.1 Å². The standard InChI is InChI=1S/C27H35Cl2N3O2.C2HF3O2/c28-25-9-6-8-24(26(25)29)27(33)32-19-17-31(18-20-32)22-10-12-23(13-11-22)34-21-7-16-30-14-4-2-1-3-5-15-30;3-2(4,5)1(6)7/h6,8-13H,1-5,7,14-21H2;(H,6,7). The van der Waals surface area contributed by atoms with E-state index in [0.717, 1.165) is 44.1 Å². The molecule has 0 saturated carbocycles. The van der Waals surface area contributed by atoms with Gasteiger partial charge < -0.3 is 24.5 Å². The van der Waals surface area contributed by atoms with Crippen LogP contribution < -0.4 is 9.64 Å². The molecule has 2 fully saturated rings. The van der Waals surface area contributed by atoms with Gasteiger partial charge in [0.15, 0.2) is 0 Å². The molecule has 12 heteroatoms. The van der Waals surface area contributed by atoms with Gasteiger partial charge in [0.25, 0.3) is 5.91 Å². The zero-order valence-electron chi connectivity index (χ0n) is 22.8. The number of carboxylic acids is 1. The largest absolute Gasteiger partial charge is 0.494 e. The van der Waals surface area contributed by atoms with Crippen LogP contribution in [0.3, 0.4) is 0 Å². The van der Waals surface area contributed by atoms with Crippen molar-refractivity contribution in [3.63, 3.8) is 0 Å². The second kappa shape index (κ2) is 16.1. The van der Waals surface area contributed by atoms with Crippen molar-refractivity contribution in [3.05, 3.63) is 58.1 Å². The molecule has 4 rings (SSSR count). The number of piperazine rings is 1. The minimum Gasteiger partial charge on any atom is -0.494 e. The van der Waals surface area contributed by atoms with Crippen LogP contribution in [0.4, 0.5) is 18.9 Å². The lowest BCUT2D eigenvalue weighted by Gasteiger charge is -2.36. The third-order valence-electron chi connectivity index (χ3n) is 7.03. The maximum absolute atomic E-state index is 12.9. The zero-order valence-corrected chi connectivity index (χ0v) is 24.4. The van der Waals surface area contributed by atoms with Crippen molar-refractivity contribution in [2.24, 2.45) is 0 Å². The molecule has 0 spiro atoms. The molecule has 0 aliphatic carbocycles. The highest BCUT2D eigenvalue weighted by molar-refractivity contribution is 6.43. The smallest absolute Gasteiger partial charge is 0.490 e. The minimum absolute atomic E-state index is 0.0633. The van der Waals surface area contributed by atoms with Crippen LogP contribution in [0.1, 0.15) is 48.9 Å². The first-order valence-electron chi connectivity index (χ1n) is 13.8.